The number of aliphatic imine (C=N–C) groups is 1. The van der Waals surface area contributed by atoms with Gasteiger partial charge >= 0.3 is 6.18 Å². The summed E-state index contributed by atoms with van der Waals surface area (Å²) in [7, 11) is 1.46. The lowest BCUT2D eigenvalue weighted by atomic mass is 10.3. The number of hydrogen-bond donors (Lipinski definition) is 2. The third kappa shape index (κ3) is 3.12. The minimum atomic E-state index is -4.43. The van der Waals surface area contributed by atoms with Gasteiger partial charge in [0.25, 0.3) is 0 Å². The largest absolute Gasteiger partial charge is 0.433 e. The fourth-order valence-corrected chi connectivity index (χ4v) is 0.839. The first-order valence-electron chi connectivity index (χ1n) is 3.96. The van der Waals surface area contributed by atoms with Gasteiger partial charge in [-0.05, 0) is 12.1 Å². The summed E-state index contributed by atoms with van der Waals surface area (Å²) in [5.74, 6) is 0.108. The molecule has 0 radical (unpaired) electrons. The van der Waals surface area contributed by atoms with Crippen LogP contribution in [0.3, 0.4) is 0 Å². The molecule has 0 aliphatic heterocycles. The quantitative estimate of drug-likeness (QED) is 0.554. The SMILES string of the molecule is CN=C(N)Nc1ccc(C(F)(F)F)nc1. The van der Waals surface area contributed by atoms with Gasteiger partial charge in [-0.1, -0.05) is 0 Å². The van der Waals surface area contributed by atoms with Crippen molar-refractivity contribution < 1.29 is 13.2 Å². The van der Waals surface area contributed by atoms with Crippen LogP contribution >= 0.6 is 0 Å². The molecule has 82 valence electrons. The van der Waals surface area contributed by atoms with Gasteiger partial charge in [0.1, 0.15) is 5.69 Å². The number of nitrogens with two attached hydrogens (primary N) is 1. The number of anilines is 1. The molecule has 3 N–H and O–H groups in total. The van der Waals surface area contributed by atoms with Crippen LogP contribution in [0.25, 0.3) is 0 Å². The molecule has 15 heavy (non-hydrogen) atoms. The summed E-state index contributed by atoms with van der Waals surface area (Å²) in [5, 5.41) is 2.57. The van der Waals surface area contributed by atoms with Crippen LogP contribution in [0.15, 0.2) is 23.3 Å². The standard InChI is InChI=1S/C8H9F3N4/c1-13-7(12)15-5-2-3-6(14-4-5)8(9,10)11/h2-4H,1H3,(H3,12,13,15). The molecule has 0 aliphatic carbocycles. The van der Waals surface area contributed by atoms with Gasteiger partial charge in [0.15, 0.2) is 5.96 Å². The fourth-order valence-electron chi connectivity index (χ4n) is 0.839. The van der Waals surface area contributed by atoms with Crippen LogP contribution in [-0.4, -0.2) is 18.0 Å². The molecule has 0 aliphatic rings. The monoisotopic (exact) mass is 218 g/mol. The van der Waals surface area contributed by atoms with Crippen molar-refractivity contribution in [1.29, 1.82) is 0 Å². The molecule has 0 fully saturated rings. The Labute approximate surface area is 84.0 Å². The average Bonchev–Trinajstić information content (AvgIpc) is 2.17. The lowest BCUT2D eigenvalue weighted by molar-refractivity contribution is -0.141. The highest BCUT2D eigenvalue weighted by Gasteiger charge is 2.31. The van der Waals surface area contributed by atoms with Gasteiger partial charge in [-0.25, -0.2) is 4.98 Å². The predicted octanol–water partition coefficient (Wildman–Crippen LogP) is 1.46. The number of nitrogens with one attached hydrogen (secondary N) is 1. The molecular formula is C8H9F3N4. The summed E-state index contributed by atoms with van der Waals surface area (Å²) in [6.07, 6.45) is -3.39. The van der Waals surface area contributed by atoms with Crippen LogP contribution in [0, 0.1) is 0 Å². The predicted molar refractivity (Wildman–Crippen MR) is 50.4 cm³/mol. The van der Waals surface area contributed by atoms with Crippen LogP contribution < -0.4 is 11.1 Å². The third-order valence-corrected chi connectivity index (χ3v) is 1.57. The summed E-state index contributed by atoms with van der Waals surface area (Å²) in [6, 6.07) is 2.10. The first-order chi connectivity index (χ1) is 6.93. The second-order valence-corrected chi connectivity index (χ2v) is 2.66. The molecule has 0 bridgehead atoms. The fraction of sp³-hybridized carbons (Fsp3) is 0.250. The highest BCUT2D eigenvalue weighted by atomic mass is 19.4. The summed E-state index contributed by atoms with van der Waals surface area (Å²) >= 11 is 0. The van der Waals surface area contributed by atoms with Gasteiger partial charge in [-0.15, -0.1) is 0 Å². The van der Waals surface area contributed by atoms with Crippen molar-refractivity contribution in [2.45, 2.75) is 6.18 Å². The Morgan fingerprint density at radius 2 is 2.13 bits per heavy atom. The molecular weight excluding hydrogens is 209 g/mol. The zero-order valence-electron chi connectivity index (χ0n) is 7.84. The highest BCUT2D eigenvalue weighted by molar-refractivity contribution is 5.91. The molecule has 0 saturated carbocycles. The van der Waals surface area contributed by atoms with Crippen LogP contribution in [0.4, 0.5) is 18.9 Å². The maximum Gasteiger partial charge on any atom is 0.433 e. The number of aromatic nitrogens is 1. The highest BCUT2D eigenvalue weighted by Crippen LogP contribution is 2.27. The number of alkyl halides is 3. The van der Waals surface area contributed by atoms with Crippen molar-refractivity contribution in [3.63, 3.8) is 0 Å². The topological polar surface area (TPSA) is 63.3 Å². The number of nitrogens with zero attached hydrogens (tertiary/aromatic N) is 2. The van der Waals surface area contributed by atoms with E-state index in [0.29, 0.717) is 5.69 Å². The first kappa shape index (κ1) is 11.3. The van der Waals surface area contributed by atoms with E-state index in [9.17, 15) is 13.2 Å². The zero-order valence-corrected chi connectivity index (χ0v) is 7.84. The Hall–Kier alpha value is -1.79. The first-order valence-corrected chi connectivity index (χ1v) is 3.96. The van der Waals surface area contributed by atoms with Gasteiger partial charge in [-0.3, -0.25) is 4.99 Å². The molecule has 7 heteroatoms. The number of guanidine groups is 1. The van der Waals surface area contributed by atoms with E-state index in [1.54, 1.807) is 0 Å². The summed E-state index contributed by atoms with van der Waals surface area (Å²) in [6.45, 7) is 0. The van der Waals surface area contributed by atoms with E-state index in [1.165, 1.54) is 13.1 Å². The molecule has 1 heterocycles. The number of pyridine rings is 1. The lowest BCUT2D eigenvalue weighted by Gasteiger charge is -2.07. The Kier molecular flexibility index (Phi) is 3.13. The molecule has 0 amide bonds. The minimum absolute atomic E-state index is 0.108. The molecule has 0 atom stereocenters. The van der Waals surface area contributed by atoms with Gasteiger partial charge in [-0.2, -0.15) is 13.2 Å². The Balaban J connectivity index is 2.82. The Morgan fingerprint density at radius 3 is 2.53 bits per heavy atom. The maximum atomic E-state index is 12.1. The molecule has 1 aromatic heterocycles. The minimum Gasteiger partial charge on any atom is -0.370 e. The van der Waals surface area contributed by atoms with Gasteiger partial charge in [0, 0.05) is 7.05 Å². The maximum absolute atomic E-state index is 12.1. The van der Waals surface area contributed by atoms with Crippen molar-refractivity contribution in [2.75, 3.05) is 12.4 Å². The van der Waals surface area contributed by atoms with Crippen LogP contribution in [0.2, 0.25) is 0 Å². The molecule has 0 spiro atoms. The number of rotatable bonds is 1. The molecule has 0 unspecified atom stereocenters. The van der Waals surface area contributed by atoms with E-state index in [0.717, 1.165) is 12.3 Å². The average molecular weight is 218 g/mol. The van der Waals surface area contributed by atoms with Crippen molar-refractivity contribution in [3.05, 3.63) is 24.0 Å². The van der Waals surface area contributed by atoms with Crippen LogP contribution in [0.5, 0.6) is 0 Å². The summed E-state index contributed by atoms with van der Waals surface area (Å²) < 4.78 is 36.4. The van der Waals surface area contributed by atoms with Gasteiger partial charge in [0.05, 0.1) is 11.9 Å². The third-order valence-electron chi connectivity index (χ3n) is 1.57. The molecule has 0 aromatic carbocycles. The van der Waals surface area contributed by atoms with E-state index in [2.05, 4.69) is 15.3 Å². The molecule has 1 aromatic rings. The van der Waals surface area contributed by atoms with E-state index in [-0.39, 0.29) is 5.96 Å². The van der Waals surface area contributed by atoms with Crippen molar-refractivity contribution in [3.8, 4) is 0 Å². The normalized spacial score (nSPS) is 12.7. The van der Waals surface area contributed by atoms with Crippen molar-refractivity contribution in [1.82, 2.24) is 4.98 Å². The lowest BCUT2D eigenvalue weighted by Crippen LogP contribution is -2.22. The van der Waals surface area contributed by atoms with E-state index < -0.39 is 11.9 Å². The number of halogens is 3. The second-order valence-electron chi connectivity index (χ2n) is 2.66. The Morgan fingerprint density at radius 1 is 1.47 bits per heavy atom. The van der Waals surface area contributed by atoms with Crippen LogP contribution in [0.1, 0.15) is 5.69 Å². The van der Waals surface area contributed by atoms with Crippen molar-refractivity contribution in [2.24, 2.45) is 10.7 Å². The second kappa shape index (κ2) is 4.16. The zero-order chi connectivity index (χ0) is 11.5. The van der Waals surface area contributed by atoms with E-state index in [1.807, 2.05) is 0 Å². The summed E-state index contributed by atoms with van der Waals surface area (Å²) in [4.78, 5) is 6.83. The van der Waals surface area contributed by atoms with Crippen LogP contribution in [-0.2, 0) is 6.18 Å². The molecule has 1 rings (SSSR count). The van der Waals surface area contributed by atoms with Gasteiger partial charge in [0.2, 0.25) is 0 Å². The van der Waals surface area contributed by atoms with Crippen molar-refractivity contribution >= 4 is 11.6 Å². The number of hydrogen-bond acceptors (Lipinski definition) is 2. The smallest absolute Gasteiger partial charge is 0.370 e. The molecule has 0 saturated heterocycles. The van der Waals surface area contributed by atoms with Gasteiger partial charge < -0.3 is 11.1 Å². The molecule has 4 nitrogen and oxygen atoms in total. The van der Waals surface area contributed by atoms with E-state index in [4.69, 9.17) is 5.73 Å². The van der Waals surface area contributed by atoms with E-state index >= 15 is 0 Å². The Bertz CT molecular complexity index is 355. The summed E-state index contributed by atoms with van der Waals surface area (Å²) in [5.41, 5.74) is 4.73.